The molecule has 0 saturated heterocycles. The Kier molecular flexibility index (Phi) is 4.72. The Morgan fingerprint density at radius 3 is 2.92 bits per heavy atom. The van der Waals surface area contributed by atoms with E-state index in [0.717, 1.165) is 0 Å². The molecule has 0 radical (unpaired) electrons. The predicted molar refractivity (Wildman–Crippen MR) is 90.0 cm³/mol. The van der Waals surface area contributed by atoms with Crippen LogP contribution in [0.4, 0.5) is 20.6 Å². The monoisotopic (exact) mass is 355 g/mol. The zero-order chi connectivity index (χ0) is 18.7. The van der Waals surface area contributed by atoms with Gasteiger partial charge in [0.15, 0.2) is 5.65 Å². The minimum Gasteiger partial charge on any atom is -0.375 e. The van der Waals surface area contributed by atoms with Gasteiger partial charge in [0, 0.05) is 25.1 Å². The zero-order valence-electron chi connectivity index (χ0n) is 13.9. The van der Waals surface area contributed by atoms with E-state index < -0.39 is 18.1 Å². The first kappa shape index (κ1) is 17.2. The van der Waals surface area contributed by atoms with Crippen molar-refractivity contribution in [2.75, 3.05) is 17.7 Å². The molecular formula is C16H14FN7O2. The molecule has 1 atom stereocenters. The van der Waals surface area contributed by atoms with Crippen molar-refractivity contribution in [1.29, 1.82) is 5.26 Å². The van der Waals surface area contributed by atoms with Gasteiger partial charge in [-0.15, -0.1) is 5.10 Å². The van der Waals surface area contributed by atoms with E-state index in [1.165, 1.54) is 36.2 Å². The second-order valence-corrected chi connectivity index (χ2v) is 5.29. The predicted octanol–water partition coefficient (Wildman–Crippen LogP) is 2.49. The maximum Gasteiger partial charge on any atom is 0.323 e. The number of nitrogens with one attached hydrogen (secondary N) is 2. The third-order valence-electron chi connectivity index (χ3n) is 3.61. The smallest absolute Gasteiger partial charge is 0.323 e. The first-order chi connectivity index (χ1) is 12.5. The first-order valence-electron chi connectivity index (χ1n) is 7.53. The van der Waals surface area contributed by atoms with Gasteiger partial charge in [0.05, 0.1) is 23.7 Å². The minimum atomic E-state index is -0.690. The van der Waals surface area contributed by atoms with Gasteiger partial charge in [-0.2, -0.15) is 9.65 Å². The Bertz CT molecular complexity index is 1010. The Balaban J connectivity index is 1.90. The van der Waals surface area contributed by atoms with Crippen molar-refractivity contribution in [3.63, 3.8) is 0 Å². The minimum absolute atomic E-state index is 0.173. The third-order valence-corrected chi connectivity index (χ3v) is 3.61. The van der Waals surface area contributed by atoms with Gasteiger partial charge in [-0.25, -0.2) is 19.3 Å². The number of urea groups is 1. The molecule has 10 heteroatoms. The summed E-state index contributed by atoms with van der Waals surface area (Å²) in [6.07, 6.45) is 2.32. The third kappa shape index (κ3) is 3.42. The number of methoxy groups -OCH3 is 1. The van der Waals surface area contributed by atoms with Crippen LogP contribution in [0.15, 0.2) is 30.6 Å². The molecule has 9 nitrogen and oxygen atoms in total. The Labute approximate surface area is 147 Å². The maximum atomic E-state index is 13.5. The van der Waals surface area contributed by atoms with E-state index in [2.05, 4.69) is 25.7 Å². The van der Waals surface area contributed by atoms with Gasteiger partial charge in [0.2, 0.25) is 5.95 Å². The second kappa shape index (κ2) is 7.12. The topological polar surface area (TPSA) is 117 Å². The molecule has 3 aromatic rings. The molecule has 0 aliphatic rings. The summed E-state index contributed by atoms with van der Waals surface area (Å²) in [5.41, 5.74) is 1.60. The van der Waals surface area contributed by atoms with Gasteiger partial charge in [-0.05, 0) is 19.1 Å². The average molecular weight is 355 g/mol. The van der Waals surface area contributed by atoms with E-state index in [0.29, 0.717) is 22.7 Å². The Morgan fingerprint density at radius 2 is 2.19 bits per heavy atom. The summed E-state index contributed by atoms with van der Waals surface area (Å²) in [6, 6.07) is 5.47. The number of nitrogens with zero attached hydrogens (tertiary/aromatic N) is 5. The molecule has 0 aliphatic heterocycles. The summed E-state index contributed by atoms with van der Waals surface area (Å²) in [5.74, 6) is -0.690. The van der Waals surface area contributed by atoms with Gasteiger partial charge >= 0.3 is 6.03 Å². The number of rotatable bonds is 4. The molecule has 0 fully saturated rings. The van der Waals surface area contributed by atoms with Crippen LogP contribution in [0.5, 0.6) is 0 Å². The molecule has 3 rings (SSSR count). The molecule has 0 aliphatic carbocycles. The normalized spacial score (nSPS) is 11.8. The molecule has 3 aromatic heterocycles. The molecule has 0 unspecified atom stereocenters. The van der Waals surface area contributed by atoms with E-state index in [9.17, 15) is 9.18 Å². The largest absolute Gasteiger partial charge is 0.375 e. The molecule has 0 bridgehead atoms. The Morgan fingerprint density at radius 1 is 1.38 bits per heavy atom. The van der Waals surface area contributed by atoms with Crippen LogP contribution in [0.25, 0.3) is 5.65 Å². The van der Waals surface area contributed by atoms with Crippen LogP contribution in [0.2, 0.25) is 0 Å². The molecule has 26 heavy (non-hydrogen) atoms. The van der Waals surface area contributed by atoms with Gasteiger partial charge in [-0.3, -0.25) is 0 Å². The standard InChI is InChI=1S/C16H14FN7O2/c1-9(26-2)15-12(8-20-14-6-13(17)23-24(14)15)22-16(25)21-10-3-4-19-11(5-10)7-18/h3-6,8-9H,1-2H3,(H2,19,21,22,25)/t9-/m0/s1. The lowest BCUT2D eigenvalue weighted by Crippen LogP contribution is -2.22. The fourth-order valence-corrected chi connectivity index (χ4v) is 2.38. The lowest BCUT2D eigenvalue weighted by molar-refractivity contribution is 0.114. The van der Waals surface area contributed by atoms with Crippen LogP contribution >= 0.6 is 0 Å². The number of nitriles is 1. The van der Waals surface area contributed by atoms with Crippen LogP contribution in [0.3, 0.4) is 0 Å². The highest BCUT2D eigenvalue weighted by molar-refractivity contribution is 6.00. The molecule has 2 N–H and O–H groups in total. The molecule has 0 saturated carbocycles. The summed E-state index contributed by atoms with van der Waals surface area (Å²) < 4.78 is 20.1. The molecule has 0 aromatic carbocycles. The fraction of sp³-hybridized carbons (Fsp3) is 0.188. The van der Waals surface area contributed by atoms with Crippen molar-refractivity contribution in [3.8, 4) is 6.07 Å². The lowest BCUT2D eigenvalue weighted by Gasteiger charge is -2.17. The summed E-state index contributed by atoms with van der Waals surface area (Å²) in [4.78, 5) is 20.2. The van der Waals surface area contributed by atoms with Crippen molar-refractivity contribution in [1.82, 2.24) is 19.6 Å². The summed E-state index contributed by atoms with van der Waals surface area (Å²) in [6.45, 7) is 1.74. The van der Waals surface area contributed by atoms with E-state index in [1.807, 2.05) is 6.07 Å². The number of anilines is 2. The summed E-state index contributed by atoms with van der Waals surface area (Å²) in [5, 5.41) is 17.8. The highest BCUT2D eigenvalue weighted by Crippen LogP contribution is 2.25. The molecule has 3 heterocycles. The van der Waals surface area contributed by atoms with Crippen LogP contribution < -0.4 is 10.6 Å². The van der Waals surface area contributed by atoms with Crippen molar-refractivity contribution in [2.45, 2.75) is 13.0 Å². The number of amides is 2. The van der Waals surface area contributed by atoms with E-state index in [4.69, 9.17) is 10.00 Å². The van der Waals surface area contributed by atoms with Crippen molar-refractivity contribution >= 4 is 23.1 Å². The van der Waals surface area contributed by atoms with Gasteiger partial charge in [0.1, 0.15) is 11.8 Å². The van der Waals surface area contributed by atoms with Crippen LogP contribution in [0, 0.1) is 17.3 Å². The van der Waals surface area contributed by atoms with Crippen molar-refractivity contribution in [2.24, 2.45) is 0 Å². The summed E-state index contributed by atoms with van der Waals surface area (Å²) >= 11 is 0. The second-order valence-electron chi connectivity index (χ2n) is 5.29. The fourth-order valence-electron chi connectivity index (χ4n) is 2.38. The molecular weight excluding hydrogens is 341 g/mol. The maximum absolute atomic E-state index is 13.5. The Hall–Kier alpha value is -3.58. The zero-order valence-corrected chi connectivity index (χ0v) is 13.9. The number of hydrogen-bond acceptors (Lipinski definition) is 6. The average Bonchev–Trinajstić information content (AvgIpc) is 3.01. The van der Waals surface area contributed by atoms with E-state index in [-0.39, 0.29) is 5.69 Å². The SMILES string of the molecule is CO[C@@H](C)c1c(NC(=O)Nc2ccnc(C#N)c2)cnc2cc(F)nn12. The number of ether oxygens (including phenoxy) is 1. The first-order valence-corrected chi connectivity index (χ1v) is 7.53. The van der Waals surface area contributed by atoms with Crippen molar-refractivity contribution in [3.05, 3.63) is 47.9 Å². The number of pyridine rings is 1. The van der Waals surface area contributed by atoms with Crippen LogP contribution in [0.1, 0.15) is 24.4 Å². The van der Waals surface area contributed by atoms with Crippen molar-refractivity contribution < 1.29 is 13.9 Å². The quantitative estimate of drug-likeness (QED) is 0.742. The van der Waals surface area contributed by atoms with Gasteiger partial charge in [0.25, 0.3) is 0 Å². The molecule has 132 valence electrons. The highest BCUT2D eigenvalue weighted by Gasteiger charge is 2.19. The van der Waals surface area contributed by atoms with E-state index in [1.54, 1.807) is 13.0 Å². The number of carbonyl (C=O) groups excluding carboxylic acids is 1. The highest BCUT2D eigenvalue weighted by atomic mass is 19.1. The van der Waals surface area contributed by atoms with E-state index >= 15 is 0 Å². The number of fused-ring (bicyclic) bond motifs is 1. The van der Waals surface area contributed by atoms with Gasteiger partial charge in [-0.1, -0.05) is 0 Å². The molecule has 2 amide bonds. The number of halogens is 1. The summed E-state index contributed by atoms with van der Waals surface area (Å²) in [7, 11) is 1.49. The number of carbonyl (C=O) groups is 1. The number of hydrogen-bond donors (Lipinski definition) is 2. The molecule has 0 spiro atoms. The van der Waals surface area contributed by atoms with Crippen LogP contribution in [-0.2, 0) is 4.74 Å². The lowest BCUT2D eigenvalue weighted by atomic mass is 10.2. The van der Waals surface area contributed by atoms with Gasteiger partial charge < -0.3 is 15.4 Å². The van der Waals surface area contributed by atoms with Crippen LogP contribution in [-0.4, -0.2) is 32.7 Å². The number of aromatic nitrogens is 4.